The van der Waals surface area contributed by atoms with Gasteiger partial charge in [0.1, 0.15) is 10.9 Å². The van der Waals surface area contributed by atoms with Crippen LogP contribution >= 0.6 is 22.9 Å². The Morgan fingerprint density at radius 1 is 1.06 bits per heavy atom. The predicted molar refractivity (Wildman–Crippen MR) is 138 cm³/mol. The minimum absolute atomic E-state index is 0.0457. The third-order valence-corrected chi connectivity index (χ3v) is 8.13. The Morgan fingerprint density at radius 2 is 1.77 bits per heavy atom. The molecular weight excluding hydrogens is 506 g/mol. The number of fused-ring (bicyclic) bond motifs is 2. The highest BCUT2D eigenvalue weighted by Crippen LogP contribution is 2.34. The largest absolute Gasteiger partial charge is 0.468 e. The summed E-state index contributed by atoms with van der Waals surface area (Å²) >= 11 is 8.07. The summed E-state index contributed by atoms with van der Waals surface area (Å²) in [7, 11) is -2.71. The van der Waals surface area contributed by atoms with Crippen LogP contribution < -0.4 is 0 Å². The fourth-order valence-corrected chi connectivity index (χ4v) is 6.04. The molecule has 2 heterocycles. The number of carbonyl (C=O) groups excluding carboxylic acids is 1. The Hall–Kier alpha value is -2.75. The highest BCUT2D eigenvalue weighted by atomic mass is 35.5. The molecule has 3 aromatic carbocycles. The third kappa shape index (κ3) is 5.74. The van der Waals surface area contributed by atoms with Crippen molar-refractivity contribution in [2.75, 3.05) is 13.7 Å². The van der Waals surface area contributed by atoms with Gasteiger partial charge in [0.2, 0.25) is 0 Å². The van der Waals surface area contributed by atoms with E-state index >= 15 is 0 Å². The standard InChI is InChI=1S/C16H16ClNO2S.C10H8O3S/c1-20-16(19)15(12-4-2-3-5-13(12)17)18-8-6-14-11(10-18)7-9-21-14;11-14(12,13)10-7-3-5-8-4-1-2-6-9(8)10/h2-5,7,9,15H,6,8,10H2,1H3;1-7H,(H,11,12,13)/t15-;/m0./s1. The molecule has 1 aliphatic heterocycles. The van der Waals surface area contributed by atoms with Crippen molar-refractivity contribution in [3.8, 4) is 0 Å². The molecule has 1 aliphatic rings. The first kappa shape index (κ1) is 25.3. The molecule has 35 heavy (non-hydrogen) atoms. The molecule has 0 fully saturated rings. The summed E-state index contributed by atoms with van der Waals surface area (Å²) in [6.45, 7) is 1.59. The van der Waals surface area contributed by atoms with Crippen LogP contribution in [0.5, 0.6) is 0 Å². The molecule has 1 N–H and O–H groups in total. The van der Waals surface area contributed by atoms with Crippen molar-refractivity contribution in [1.29, 1.82) is 0 Å². The van der Waals surface area contributed by atoms with E-state index in [1.807, 2.05) is 30.3 Å². The van der Waals surface area contributed by atoms with Gasteiger partial charge in [0.05, 0.1) is 7.11 Å². The zero-order valence-electron chi connectivity index (χ0n) is 18.9. The smallest absolute Gasteiger partial charge is 0.327 e. The third-order valence-electron chi connectivity index (χ3n) is 5.85. The van der Waals surface area contributed by atoms with Crippen LogP contribution in [0.4, 0.5) is 0 Å². The summed E-state index contributed by atoms with van der Waals surface area (Å²) in [6.07, 6.45) is 0.963. The average Bonchev–Trinajstić information content (AvgIpc) is 3.33. The maximum Gasteiger partial charge on any atom is 0.327 e. The average molecular weight is 530 g/mol. The van der Waals surface area contributed by atoms with Crippen molar-refractivity contribution in [2.45, 2.75) is 23.9 Å². The Labute approximate surface area is 213 Å². The van der Waals surface area contributed by atoms with Gasteiger partial charge < -0.3 is 4.74 Å². The molecule has 182 valence electrons. The molecule has 0 saturated carbocycles. The van der Waals surface area contributed by atoms with Gasteiger partial charge in [0.25, 0.3) is 10.1 Å². The number of benzene rings is 3. The van der Waals surface area contributed by atoms with Crippen LogP contribution in [0, 0.1) is 0 Å². The molecule has 1 atom stereocenters. The maximum atomic E-state index is 12.3. The summed E-state index contributed by atoms with van der Waals surface area (Å²) in [5, 5.41) is 4.04. The Morgan fingerprint density at radius 3 is 2.51 bits per heavy atom. The molecule has 1 aromatic heterocycles. The van der Waals surface area contributed by atoms with E-state index in [1.165, 1.54) is 23.6 Å². The molecule has 6 nitrogen and oxygen atoms in total. The number of esters is 1. The second-order valence-electron chi connectivity index (χ2n) is 7.99. The van der Waals surface area contributed by atoms with E-state index in [0.29, 0.717) is 10.4 Å². The predicted octanol–water partition coefficient (Wildman–Crippen LogP) is 5.76. The van der Waals surface area contributed by atoms with Gasteiger partial charge in [-0.15, -0.1) is 11.3 Å². The molecule has 9 heteroatoms. The SMILES string of the molecule is COC(=O)[C@H](c1ccccc1Cl)N1CCc2sccc2C1.O=S(=O)(O)c1cccc2ccccc12. The summed E-state index contributed by atoms with van der Waals surface area (Å²) in [5.74, 6) is -0.262. The molecular formula is C26H24ClNO5S2. The normalized spacial score (nSPS) is 14.5. The van der Waals surface area contributed by atoms with Gasteiger partial charge in [0.15, 0.2) is 0 Å². The lowest BCUT2D eigenvalue weighted by molar-refractivity contribution is -0.147. The van der Waals surface area contributed by atoms with E-state index in [-0.39, 0.29) is 10.9 Å². The molecule has 0 amide bonds. The number of nitrogens with zero attached hydrogens (tertiary/aromatic N) is 1. The minimum Gasteiger partial charge on any atom is -0.468 e. The highest BCUT2D eigenvalue weighted by molar-refractivity contribution is 7.86. The molecule has 0 radical (unpaired) electrons. The van der Waals surface area contributed by atoms with Gasteiger partial charge in [-0.2, -0.15) is 8.42 Å². The quantitative estimate of drug-likeness (QED) is 0.267. The Kier molecular flexibility index (Phi) is 7.88. The molecule has 5 rings (SSSR count). The van der Waals surface area contributed by atoms with Crippen molar-refractivity contribution in [3.63, 3.8) is 0 Å². The number of halogens is 1. The second-order valence-corrected chi connectivity index (χ2v) is 10.8. The van der Waals surface area contributed by atoms with Crippen molar-refractivity contribution >= 4 is 49.8 Å². The van der Waals surface area contributed by atoms with Gasteiger partial charge in [-0.3, -0.25) is 9.45 Å². The molecule has 0 bridgehead atoms. The first-order valence-corrected chi connectivity index (χ1v) is 13.6. The van der Waals surface area contributed by atoms with Crippen molar-refractivity contribution in [3.05, 3.63) is 99.2 Å². The lowest BCUT2D eigenvalue weighted by Gasteiger charge is -2.33. The summed E-state index contributed by atoms with van der Waals surface area (Å²) in [4.78, 5) is 15.8. The minimum atomic E-state index is -4.13. The van der Waals surface area contributed by atoms with Gasteiger partial charge >= 0.3 is 5.97 Å². The second kappa shape index (κ2) is 10.9. The van der Waals surface area contributed by atoms with Crippen LogP contribution in [0.2, 0.25) is 5.02 Å². The molecule has 0 saturated heterocycles. The van der Waals surface area contributed by atoms with Crippen molar-refractivity contribution in [2.24, 2.45) is 0 Å². The number of ether oxygens (including phenoxy) is 1. The first-order chi connectivity index (χ1) is 16.8. The Bertz CT molecular complexity index is 1450. The fourth-order valence-electron chi connectivity index (χ4n) is 4.19. The van der Waals surface area contributed by atoms with Crippen LogP contribution in [-0.4, -0.2) is 37.5 Å². The monoisotopic (exact) mass is 529 g/mol. The molecule has 0 aliphatic carbocycles. The van der Waals surface area contributed by atoms with E-state index in [0.717, 1.165) is 30.5 Å². The Balaban J connectivity index is 0.000000179. The van der Waals surface area contributed by atoms with Crippen LogP contribution in [0.15, 0.2) is 83.1 Å². The molecule has 0 spiro atoms. The van der Waals surface area contributed by atoms with Gasteiger partial charge in [-0.1, -0.05) is 66.2 Å². The number of hydrogen-bond acceptors (Lipinski definition) is 6. The maximum absolute atomic E-state index is 12.3. The number of methoxy groups -OCH3 is 1. The summed E-state index contributed by atoms with van der Waals surface area (Å²) < 4.78 is 36.0. The number of carbonyl (C=O) groups is 1. The van der Waals surface area contributed by atoms with Crippen molar-refractivity contribution in [1.82, 2.24) is 4.90 Å². The highest BCUT2D eigenvalue weighted by Gasteiger charge is 2.32. The van der Waals surface area contributed by atoms with Crippen LogP contribution in [0.25, 0.3) is 10.8 Å². The van der Waals surface area contributed by atoms with Crippen molar-refractivity contribution < 1.29 is 22.5 Å². The number of hydrogen-bond donors (Lipinski definition) is 1. The topological polar surface area (TPSA) is 83.9 Å². The summed E-state index contributed by atoms with van der Waals surface area (Å²) in [5.41, 5.74) is 2.11. The molecule has 4 aromatic rings. The van der Waals surface area contributed by atoms with E-state index in [9.17, 15) is 13.2 Å². The van der Waals surface area contributed by atoms with E-state index in [1.54, 1.807) is 41.7 Å². The number of thiophene rings is 1. The fraction of sp³-hybridized carbons (Fsp3) is 0.192. The lowest BCUT2D eigenvalue weighted by Crippen LogP contribution is -2.38. The first-order valence-electron chi connectivity index (χ1n) is 10.9. The number of rotatable bonds is 4. The van der Waals surface area contributed by atoms with Crippen LogP contribution in [-0.2, 0) is 32.6 Å². The van der Waals surface area contributed by atoms with E-state index in [2.05, 4.69) is 16.3 Å². The van der Waals surface area contributed by atoms with E-state index < -0.39 is 16.2 Å². The van der Waals surface area contributed by atoms with Gasteiger partial charge in [-0.05, 0) is 46.5 Å². The zero-order chi connectivity index (χ0) is 25.0. The molecule has 0 unspecified atom stereocenters. The van der Waals surface area contributed by atoms with Crippen LogP contribution in [0.1, 0.15) is 22.0 Å². The van der Waals surface area contributed by atoms with Crippen LogP contribution in [0.3, 0.4) is 0 Å². The van der Waals surface area contributed by atoms with Gasteiger partial charge in [0, 0.05) is 28.4 Å². The lowest BCUT2D eigenvalue weighted by atomic mass is 10.0. The summed E-state index contributed by atoms with van der Waals surface area (Å²) in [6, 6.07) is 21.0. The zero-order valence-corrected chi connectivity index (χ0v) is 21.3. The van der Waals surface area contributed by atoms with E-state index in [4.69, 9.17) is 20.9 Å². The van der Waals surface area contributed by atoms with Gasteiger partial charge in [-0.25, -0.2) is 4.79 Å².